The molecular weight excluding hydrogens is 459 g/mol. The van der Waals surface area contributed by atoms with E-state index in [4.69, 9.17) is 0 Å². The van der Waals surface area contributed by atoms with E-state index in [1.54, 1.807) is 4.68 Å². The van der Waals surface area contributed by atoms with Crippen molar-refractivity contribution in [3.8, 4) is 11.4 Å². The fourth-order valence-electron chi connectivity index (χ4n) is 3.78. The second-order valence-corrected chi connectivity index (χ2v) is 8.04. The second kappa shape index (κ2) is 9.21. The van der Waals surface area contributed by atoms with Gasteiger partial charge in [0.15, 0.2) is 5.69 Å². The van der Waals surface area contributed by atoms with Gasteiger partial charge in [-0.25, -0.2) is 9.36 Å². The Balaban J connectivity index is 1.61. The van der Waals surface area contributed by atoms with Gasteiger partial charge in [0, 0.05) is 29.6 Å². The van der Waals surface area contributed by atoms with Gasteiger partial charge in [0.25, 0.3) is 5.91 Å². The summed E-state index contributed by atoms with van der Waals surface area (Å²) in [7, 11) is 0. The highest BCUT2D eigenvalue weighted by Gasteiger charge is 2.30. The summed E-state index contributed by atoms with van der Waals surface area (Å²) in [5.41, 5.74) is 1.67. The van der Waals surface area contributed by atoms with E-state index in [2.05, 4.69) is 15.5 Å². The third-order valence-corrected chi connectivity index (χ3v) is 5.61. The zero-order valence-electron chi connectivity index (χ0n) is 19.2. The molecule has 4 rings (SSSR count). The third kappa shape index (κ3) is 4.86. The fourth-order valence-corrected chi connectivity index (χ4v) is 3.78. The molecule has 0 aliphatic rings. The number of amides is 1. The molecular formula is C25H22F3N5O2. The van der Waals surface area contributed by atoms with Crippen LogP contribution in [0.2, 0.25) is 0 Å². The van der Waals surface area contributed by atoms with Crippen LogP contribution >= 0.6 is 0 Å². The first kappa shape index (κ1) is 23.9. The molecule has 180 valence electrons. The van der Waals surface area contributed by atoms with Crippen LogP contribution < -0.4 is 10.7 Å². The number of nitrogens with zero attached hydrogens (tertiary/aromatic N) is 4. The number of aromatic nitrogens is 4. The van der Waals surface area contributed by atoms with Crippen molar-refractivity contribution in [1.29, 1.82) is 0 Å². The van der Waals surface area contributed by atoms with Gasteiger partial charge >= 0.3 is 6.18 Å². The summed E-state index contributed by atoms with van der Waals surface area (Å²) in [6, 6.07) is 15.2. The lowest BCUT2D eigenvalue weighted by molar-refractivity contribution is -0.137. The van der Waals surface area contributed by atoms with Crippen LogP contribution in [0, 0.1) is 20.8 Å². The van der Waals surface area contributed by atoms with Gasteiger partial charge in [-0.05, 0) is 51.1 Å². The van der Waals surface area contributed by atoms with Crippen LogP contribution in [0.4, 0.5) is 13.2 Å². The minimum atomic E-state index is -4.54. The first-order valence-corrected chi connectivity index (χ1v) is 10.7. The maximum atomic E-state index is 13.1. The summed E-state index contributed by atoms with van der Waals surface area (Å²) in [4.78, 5) is 25.4. The molecule has 35 heavy (non-hydrogen) atoms. The van der Waals surface area contributed by atoms with E-state index in [-0.39, 0.29) is 12.2 Å². The quantitative estimate of drug-likeness (QED) is 0.461. The van der Waals surface area contributed by atoms with E-state index in [0.29, 0.717) is 11.4 Å². The van der Waals surface area contributed by atoms with Gasteiger partial charge < -0.3 is 5.32 Å². The molecule has 7 nitrogen and oxygen atoms in total. The average Bonchev–Trinajstić information content (AvgIpc) is 3.11. The minimum absolute atomic E-state index is 0.0854. The minimum Gasteiger partial charge on any atom is -0.346 e. The van der Waals surface area contributed by atoms with E-state index < -0.39 is 28.8 Å². The molecule has 0 aliphatic carbocycles. The van der Waals surface area contributed by atoms with Gasteiger partial charge in [0.05, 0.1) is 22.6 Å². The number of carbonyl (C=O) groups excluding carboxylic acids is 1. The number of alkyl halides is 3. The van der Waals surface area contributed by atoms with Crippen LogP contribution in [0.3, 0.4) is 0 Å². The summed E-state index contributed by atoms with van der Waals surface area (Å²) in [5, 5.41) is 11.3. The van der Waals surface area contributed by atoms with Crippen molar-refractivity contribution in [2.24, 2.45) is 0 Å². The Bertz CT molecular complexity index is 1460. The van der Waals surface area contributed by atoms with Gasteiger partial charge in [-0.2, -0.15) is 23.4 Å². The van der Waals surface area contributed by atoms with Gasteiger partial charge in [0.2, 0.25) is 5.43 Å². The number of aryl methyl sites for hydroxylation is 2. The maximum absolute atomic E-state index is 13.1. The molecule has 0 spiro atoms. The maximum Gasteiger partial charge on any atom is 0.416 e. The number of nitrogens with one attached hydrogen (secondary N) is 1. The summed E-state index contributed by atoms with van der Waals surface area (Å²) in [6.07, 6.45) is -4.54. The molecule has 10 heteroatoms. The van der Waals surface area contributed by atoms with Gasteiger partial charge in [0.1, 0.15) is 0 Å². The molecule has 4 aromatic rings. The third-order valence-electron chi connectivity index (χ3n) is 5.61. The highest BCUT2D eigenvalue weighted by Crippen LogP contribution is 2.30. The Morgan fingerprint density at radius 1 is 0.914 bits per heavy atom. The number of para-hydroxylation sites is 1. The Morgan fingerprint density at radius 3 is 2.29 bits per heavy atom. The van der Waals surface area contributed by atoms with Crippen molar-refractivity contribution in [2.45, 2.75) is 33.5 Å². The number of halogens is 3. The molecule has 1 amide bonds. The largest absolute Gasteiger partial charge is 0.416 e. The molecule has 0 fully saturated rings. The van der Waals surface area contributed by atoms with Crippen LogP contribution in [0.5, 0.6) is 0 Å². The smallest absolute Gasteiger partial charge is 0.346 e. The van der Waals surface area contributed by atoms with E-state index in [0.717, 1.165) is 33.8 Å². The number of carbonyl (C=O) groups is 1. The molecule has 0 radical (unpaired) electrons. The topological polar surface area (TPSA) is 81.8 Å². The first-order chi connectivity index (χ1) is 16.6. The summed E-state index contributed by atoms with van der Waals surface area (Å²) < 4.78 is 42.3. The number of hydrogen-bond donors (Lipinski definition) is 1. The van der Waals surface area contributed by atoms with Gasteiger partial charge in [-0.3, -0.25) is 9.59 Å². The Kier molecular flexibility index (Phi) is 6.29. The molecule has 1 N–H and O–H groups in total. The van der Waals surface area contributed by atoms with Crippen LogP contribution in [0.15, 0.2) is 65.5 Å². The summed E-state index contributed by atoms with van der Waals surface area (Å²) in [6.45, 7) is 5.32. The van der Waals surface area contributed by atoms with Crippen molar-refractivity contribution in [3.63, 3.8) is 0 Å². The number of hydrogen-bond acceptors (Lipinski definition) is 4. The summed E-state index contributed by atoms with van der Waals surface area (Å²) >= 11 is 0. The normalized spacial score (nSPS) is 11.5. The van der Waals surface area contributed by atoms with E-state index in [9.17, 15) is 22.8 Å². The molecule has 0 saturated heterocycles. The van der Waals surface area contributed by atoms with E-state index in [1.165, 1.54) is 25.1 Å². The predicted octanol–water partition coefficient (Wildman–Crippen LogP) is 4.29. The van der Waals surface area contributed by atoms with Crippen molar-refractivity contribution in [3.05, 3.63) is 105 Å². The molecule has 0 atom stereocenters. The first-order valence-electron chi connectivity index (χ1n) is 10.7. The van der Waals surface area contributed by atoms with Gasteiger partial charge in [-0.15, -0.1) is 0 Å². The Labute approximate surface area is 198 Å². The van der Waals surface area contributed by atoms with Crippen LogP contribution in [-0.4, -0.2) is 25.5 Å². The summed E-state index contributed by atoms with van der Waals surface area (Å²) in [5.74, 6) is -0.734. The van der Waals surface area contributed by atoms with Crippen LogP contribution in [-0.2, 0) is 12.7 Å². The fraction of sp³-hybridized carbons (Fsp3) is 0.200. The van der Waals surface area contributed by atoms with Crippen LogP contribution in [0.25, 0.3) is 11.4 Å². The highest BCUT2D eigenvalue weighted by atomic mass is 19.4. The lowest BCUT2D eigenvalue weighted by Crippen LogP contribution is -2.32. The monoisotopic (exact) mass is 481 g/mol. The van der Waals surface area contributed by atoms with E-state index in [1.807, 2.05) is 44.2 Å². The van der Waals surface area contributed by atoms with Crippen molar-refractivity contribution in [1.82, 2.24) is 24.9 Å². The van der Waals surface area contributed by atoms with Gasteiger partial charge in [-0.1, -0.05) is 24.3 Å². The molecule has 0 saturated carbocycles. The lowest BCUT2D eigenvalue weighted by Gasteiger charge is -2.13. The zero-order chi connectivity index (χ0) is 25.3. The molecule has 2 aromatic heterocycles. The lowest BCUT2D eigenvalue weighted by atomic mass is 10.2. The average molecular weight is 481 g/mol. The molecule has 2 heterocycles. The van der Waals surface area contributed by atoms with E-state index >= 15 is 0 Å². The Hall–Kier alpha value is -4.21. The van der Waals surface area contributed by atoms with Crippen molar-refractivity contribution < 1.29 is 18.0 Å². The SMILES string of the molecule is Cc1nn(-c2ccccc2)c(C)c1CNC(=O)c1nn(-c2cccc(C(F)(F)F)c2)c(C)cc1=O. The zero-order valence-corrected chi connectivity index (χ0v) is 19.2. The number of benzene rings is 2. The Morgan fingerprint density at radius 2 is 1.60 bits per heavy atom. The van der Waals surface area contributed by atoms with Crippen LogP contribution in [0.1, 0.15) is 38.7 Å². The molecule has 2 aromatic carbocycles. The molecule has 0 unspecified atom stereocenters. The standard InChI is InChI=1S/C25H22F3N5O2/c1-15-12-22(34)23(31-32(15)20-11-7-8-18(13-20)25(26,27)28)24(35)29-14-21-16(2)30-33(17(21)3)19-9-5-4-6-10-19/h4-13H,14H2,1-3H3,(H,29,35). The number of rotatable bonds is 5. The second-order valence-electron chi connectivity index (χ2n) is 8.04. The molecule has 0 aliphatic heterocycles. The molecule has 0 bridgehead atoms. The predicted molar refractivity (Wildman–Crippen MR) is 124 cm³/mol. The van der Waals surface area contributed by atoms with Crippen molar-refractivity contribution >= 4 is 5.91 Å². The highest BCUT2D eigenvalue weighted by molar-refractivity contribution is 5.92. The van der Waals surface area contributed by atoms with Crippen molar-refractivity contribution in [2.75, 3.05) is 0 Å².